The highest BCUT2D eigenvalue weighted by Gasteiger charge is 2.12. The van der Waals surface area contributed by atoms with E-state index in [1.807, 2.05) is 36.4 Å². The number of rotatable bonds is 2. The van der Waals surface area contributed by atoms with Crippen molar-refractivity contribution in [2.45, 2.75) is 0 Å². The predicted molar refractivity (Wildman–Crippen MR) is 98.7 cm³/mol. The maximum atomic E-state index is 6.27. The highest BCUT2D eigenvalue weighted by molar-refractivity contribution is 6.31. The summed E-state index contributed by atoms with van der Waals surface area (Å²) in [7, 11) is 0. The van der Waals surface area contributed by atoms with E-state index < -0.39 is 0 Å². The van der Waals surface area contributed by atoms with E-state index >= 15 is 0 Å². The molecule has 4 aromatic carbocycles. The van der Waals surface area contributed by atoms with Crippen molar-refractivity contribution in [2.75, 3.05) is 0 Å². The molecule has 0 aliphatic rings. The molecule has 109 valence electrons. The average Bonchev–Trinajstić information content (AvgIpc) is 2.62. The predicted octanol–water partition coefficient (Wildman–Crippen LogP) is 6.63. The number of hydrogen-bond acceptors (Lipinski definition) is 0. The van der Waals surface area contributed by atoms with E-state index in [0.29, 0.717) is 0 Å². The van der Waals surface area contributed by atoms with Gasteiger partial charge in [-0.15, -0.1) is 0 Å². The largest absolute Gasteiger partial charge is 0.0843 e. The summed E-state index contributed by atoms with van der Waals surface area (Å²) in [5, 5.41) is 3.11. The molecule has 0 fully saturated rings. The summed E-state index contributed by atoms with van der Waals surface area (Å²) in [4.78, 5) is 0. The summed E-state index contributed by atoms with van der Waals surface area (Å²) in [5.74, 6) is 0. The topological polar surface area (TPSA) is 0 Å². The molecule has 0 nitrogen and oxygen atoms in total. The van der Waals surface area contributed by atoms with E-state index in [0.717, 1.165) is 10.6 Å². The van der Waals surface area contributed by atoms with Crippen LogP contribution in [-0.4, -0.2) is 0 Å². The van der Waals surface area contributed by atoms with Gasteiger partial charge in [-0.05, 0) is 51.2 Å². The fourth-order valence-electron chi connectivity index (χ4n) is 2.99. The Bertz CT molecular complexity index is 957. The molecule has 1 heteroatoms. The zero-order valence-electron chi connectivity index (χ0n) is 12.5. The summed E-state index contributed by atoms with van der Waals surface area (Å²) >= 11 is 6.27. The lowest BCUT2D eigenvalue weighted by Crippen LogP contribution is -1.88. The van der Waals surface area contributed by atoms with Crippen molar-refractivity contribution in [1.82, 2.24) is 0 Å². The van der Waals surface area contributed by atoms with Crippen molar-refractivity contribution < 1.29 is 0 Å². The van der Waals surface area contributed by atoms with E-state index in [-0.39, 0.29) is 0 Å². The van der Waals surface area contributed by atoms with Crippen LogP contribution in [0.3, 0.4) is 0 Å². The molecule has 23 heavy (non-hydrogen) atoms. The standard InChI is InChI=1S/C22H14Cl/c23-19-13-11-17-12-14-20(16-7-3-1-4-8-16)22(21(17)15-19)18-9-5-2-6-10-18/h1-7,9-15H. The highest BCUT2D eigenvalue weighted by atomic mass is 35.5. The fourth-order valence-corrected chi connectivity index (χ4v) is 3.17. The molecule has 0 saturated heterocycles. The Labute approximate surface area is 141 Å². The lowest BCUT2D eigenvalue weighted by Gasteiger charge is -2.14. The number of hydrogen-bond donors (Lipinski definition) is 0. The van der Waals surface area contributed by atoms with Gasteiger partial charge in [0.2, 0.25) is 0 Å². The van der Waals surface area contributed by atoms with Gasteiger partial charge in [-0.3, -0.25) is 0 Å². The molecule has 0 aliphatic heterocycles. The number of fused-ring (bicyclic) bond motifs is 1. The Balaban J connectivity index is 2.11. The third kappa shape index (κ3) is 2.62. The first-order chi connectivity index (χ1) is 11.3. The molecule has 0 aliphatic carbocycles. The molecule has 0 heterocycles. The second-order valence-corrected chi connectivity index (χ2v) is 5.93. The van der Waals surface area contributed by atoms with Gasteiger partial charge in [-0.2, -0.15) is 0 Å². The van der Waals surface area contributed by atoms with Gasteiger partial charge in [0, 0.05) is 5.02 Å². The van der Waals surface area contributed by atoms with Gasteiger partial charge >= 0.3 is 0 Å². The van der Waals surface area contributed by atoms with Crippen molar-refractivity contribution in [3.8, 4) is 22.3 Å². The fraction of sp³-hybridized carbons (Fsp3) is 0. The number of halogens is 1. The van der Waals surface area contributed by atoms with Crippen molar-refractivity contribution in [1.29, 1.82) is 0 Å². The molecule has 0 spiro atoms. The van der Waals surface area contributed by atoms with Crippen molar-refractivity contribution in [2.24, 2.45) is 0 Å². The maximum absolute atomic E-state index is 6.27. The van der Waals surface area contributed by atoms with E-state index in [1.54, 1.807) is 0 Å². The van der Waals surface area contributed by atoms with Gasteiger partial charge < -0.3 is 0 Å². The molecule has 4 rings (SSSR count). The molecular formula is C22H14Cl. The van der Waals surface area contributed by atoms with Crippen LogP contribution in [0.1, 0.15) is 0 Å². The quantitative estimate of drug-likeness (QED) is 0.390. The Morgan fingerprint density at radius 3 is 2.30 bits per heavy atom. The van der Waals surface area contributed by atoms with Crippen molar-refractivity contribution in [3.63, 3.8) is 0 Å². The molecular weight excluding hydrogens is 300 g/mol. The normalized spacial score (nSPS) is 10.8. The Morgan fingerprint density at radius 2 is 1.52 bits per heavy atom. The molecule has 0 aromatic heterocycles. The summed E-state index contributed by atoms with van der Waals surface area (Å²) in [5.41, 5.74) is 4.65. The van der Waals surface area contributed by atoms with Crippen LogP contribution in [0.15, 0.2) is 84.9 Å². The third-order valence-corrected chi connectivity index (χ3v) is 4.28. The molecule has 0 bridgehead atoms. The van der Waals surface area contributed by atoms with Gasteiger partial charge in [0.15, 0.2) is 0 Å². The lowest BCUT2D eigenvalue weighted by atomic mass is 9.90. The van der Waals surface area contributed by atoms with Crippen LogP contribution in [0.2, 0.25) is 5.02 Å². The highest BCUT2D eigenvalue weighted by Crippen LogP contribution is 2.38. The van der Waals surface area contributed by atoms with Crippen molar-refractivity contribution in [3.05, 3.63) is 96.0 Å². The lowest BCUT2D eigenvalue weighted by molar-refractivity contribution is 1.60. The molecule has 1 radical (unpaired) electrons. The molecule has 4 aromatic rings. The molecule has 0 saturated carbocycles. The first-order valence-corrected chi connectivity index (χ1v) is 7.95. The summed E-state index contributed by atoms with van der Waals surface area (Å²) in [6.07, 6.45) is 0. The van der Waals surface area contributed by atoms with Gasteiger partial charge in [0.25, 0.3) is 0 Å². The van der Waals surface area contributed by atoms with Gasteiger partial charge in [0.1, 0.15) is 0 Å². The van der Waals surface area contributed by atoms with Crippen LogP contribution in [-0.2, 0) is 0 Å². The molecule has 0 unspecified atom stereocenters. The third-order valence-electron chi connectivity index (χ3n) is 4.05. The number of benzene rings is 4. The van der Waals surface area contributed by atoms with E-state index in [9.17, 15) is 0 Å². The minimum absolute atomic E-state index is 0.754. The van der Waals surface area contributed by atoms with Crippen LogP contribution in [0.5, 0.6) is 0 Å². The monoisotopic (exact) mass is 313 g/mol. The van der Waals surface area contributed by atoms with Crippen LogP contribution < -0.4 is 0 Å². The first-order valence-electron chi connectivity index (χ1n) is 7.58. The van der Waals surface area contributed by atoms with Crippen LogP contribution in [0.25, 0.3) is 33.0 Å². The molecule has 0 atom stereocenters. The molecule has 0 N–H and O–H groups in total. The van der Waals surface area contributed by atoms with E-state index in [2.05, 4.69) is 54.6 Å². The average molecular weight is 314 g/mol. The SMILES string of the molecule is Clc1ccc2ccc(-c3[c]cccc3)c(-c3ccccc3)c2c1. The van der Waals surface area contributed by atoms with Gasteiger partial charge in [0.05, 0.1) is 0 Å². The maximum Gasteiger partial charge on any atom is 0.0412 e. The Morgan fingerprint density at radius 1 is 0.739 bits per heavy atom. The summed E-state index contributed by atoms with van der Waals surface area (Å²) in [6.45, 7) is 0. The van der Waals surface area contributed by atoms with Crippen molar-refractivity contribution >= 4 is 22.4 Å². The molecule has 0 amide bonds. The van der Waals surface area contributed by atoms with Crippen LogP contribution >= 0.6 is 11.6 Å². The second kappa shape index (κ2) is 5.91. The Hall–Kier alpha value is -2.57. The summed E-state index contributed by atoms with van der Waals surface area (Å²) < 4.78 is 0. The van der Waals surface area contributed by atoms with E-state index in [1.165, 1.54) is 27.5 Å². The minimum Gasteiger partial charge on any atom is -0.0843 e. The van der Waals surface area contributed by atoms with Gasteiger partial charge in [-0.25, -0.2) is 0 Å². The smallest absolute Gasteiger partial charge is 0.0412 e. The first kappa shape index (κ1) is 14.0. The van der Waals surface area contributed by atoms with Crippen LogP contribution in [0.4, 0.5) is 0 Å². The van der Waals surface area contributed by atoms with Gasteiger partial charge in [-0.1, -0.05) is 84.4 Å². The summed E-state index contributed by atoms with van der Waals surface area (Å²) in [6, 6.07) is 32.2. The Kier molecular flexibility index (Phi) is 3.61. The minimum atomic E-state index is 0.754. The van der Waals surface area contributed by atoms with E-state index in [4.69, 9.17) is 11.6 Å². The zero-order chi connectivity index (χ0) is 15.6. The zero-order valence-corrected chi connectivity index (χ0v) is 13.2. The van der Waals surface area contributed by atoms with Crippen LogP contribution in [0, 0.1) is 6.07 Å². The second-order valence-electron chi connectivity index (χ2n) is 5.50.